The van der Waals surface area contributed by atoms with E-state index < -0.39 is 10.8 Å². The molecule has 10 heteroatoms. The molecule has 0 amide bonds. The molecular formula is C21H27ClN6O2S. The van der Waals surface area contributed by atoms with Crippen molar-refractivity contribution in [3.63, 3.8) is 0 Å². The zero-order valence-electron chi connectivity index (χ0n) is 17.5. The average Bonchev–Trinajstić information content (AvgIpc) is 3.00. The second-order valence-electron chi connectivity index (χ2n) is 9.04. The number of hydrogen-bond donors (Lipinski definition) is 2. The highest BCUT2D eigenvalue weighted by molar-refractivity contribution is 7.84. The van der Waals surface area contributed by atoms with Crippen molar-refractivity contribution in [2.75, 3.05) is 36.2 Å². The number of nitrogens with one attached hydrogen (secondary N) is 1. The van der Waals surface area contributed by atoms with Crippen molar-refractivity contribution in [1.29, 1.82) is 0 Å². The van der Waals surface area contributed by atoms with Crippen LogP contribution in [0.15, 0.2) is 23.5 Å². The van der Waals surface area contributed by atoms with Gasteiger partial charge in [0, 0.05) is 37.7 Å². The molecule has 31 heavy (non-hydrogen) atoms. The second kappa shape index (κ2) is 8.26. The molecule has 3 atom stereocenters. The van der Waals surface area contributed by atoms with Gasteiger partial charge in [0.05, 0.1) is 39.1 Å². The first-order valence-corrected chi connectivity index (χ1v) is 12.7. The molecule has 3 fully saturated rings. The third-order valence-electron chi connectivity index (χ3n) is 7.10. The third-order valence-corrected chi connectivity index (χ3v) is 8.22. The first kappa shape index (κ1) is 21.0. The highest BCUT2D eigenvalue weighted by atomic mass is 35.5. The minimum atomic E-state index is -1.22. The summed E-state index contributed by atoms with van der Waals surface area (Å²) < 4.78 is 12.3. The van der Waals surface area contributed by atoms with Crippen LogP contribution in [0.25, 0.3) is 0 Å². The fraction of sp³-hybridized carbons (Fsp3) is 0.619. The van der Waals surface area contributed by atoms with E-state index in [4.69, 9.17) is 16.6 Å². The predicted octanol–water partition coefficient (Wildman–Crippen LogP) is 2.61. The Morgan fingerprint density at radius 2 is 1.87 bits per heavy atom. The van der Waals surface area contributed by atoms with Crippen molar-refractivity contribution >= 4 is 34.2 Å². The molecule has 5 rings (SSSR count). The van der Waals surface area contributed by atoms with E-state index in [9.17, 15) is 9.32 Å². The van der Waals surface area contributed by atoms with E-state index in [1.807, 2.05) is 0 Å². The lowest BCUT2D eigenvalue weighted by Gasteiger charge is -2.42. The minimum absolute atomic E-state index is 0.0404. The summed E-state index contributed by atoms with van der Waals surface area (Å²) in [7, 11) is -1.22. The van der Waals surface area contributed by atoms with Crippen molar-refractivity contribution in [2.24, 2.45) is 11.8 Å². The van der Waals surface area contributed by atoms with Crippen LogP contribution in [0.2, 0.25) is 5.02 Å². The molecule has 1 aliphatic heterocycles. The summed E-state index contributed by atoms with van der Waals surface area (Å²) in [5.74, 6) is 3.32. The molecular weight excluding hydrogens is 436 g/mol. The summed E-state index contributed by atoms with van der Waals surface area (Å²) >= 11 is 5.97. The van der Waals surface area contributed by atoms with Gasteiger partial charge in [-0.25, -0.2) is 15.0 Å². The molecule has 0 spiro atoms. The van der Waals surface area contributed by atoms with E-state index in [0.717, 1.165) is 51.0 Å². The fourth-order valence-electron chi connectivity index (χ4n) is 5.29. The molecule has 2 aromatic rings. The van der Waals surface area contributed by atoms with E-state index in [2.05, 4.69) is 25.2 Å². The number of aromatic nitrogens is 4. The van der Waals surface area contributed by atoms with Gasteiger partial charge in [0.2, 0.25) is 5.95 Å². The molecule has 2 N–H and O–H groups in total. The lowest BCUT2D eigenvalue weighted by atomic mass is 9.77. The maximum atomic E-state index is 12.3. The predicted molar refractivity (Wildman–Crippen MR) is 120 cm³/mol. The molecule has 0 radical (unpaired) electrons. The zero-order valence-corrected chi connectivity index (χ0v) is 19.1. The lowest BCUT2D eigenvalue weighted by molar-refractivity contribution is 0.143. The molecule has 2 bridgehead atoms. The Bertz CT molecular complexity index is 967. The smallest absolute Gasteiger partial charge is 0.227 e. The van der Waals surface area contributed by atoms with Crippen molar-refractivity contribution in [1.82, 2.24) is 19.9 Å². The number of hydrogen-bond acceptors (Lipinski definition) is 8. The largest absolute Gasteiger partial charge is 0.394 e. The molecule has 166 valence electrons. The van der Waals surface area contributed by atoms with Crippen LogP contribution in [0.3, 0.4) is 0 Å². The highest BCUT2D eigenvalue weighted by Gasteiger charge is 2.45. The lowest BCUT2D eigenvalue weighted by Crippen LogP contribution is -2.49. The van der Waals surface area contributed by atoms with Crippen LogP contribution < -0.4 is 10.2 Å². The number of nitrogens with zero attached hydrogens (tertiary/aromatic N) is 5. The summed E-state index contributed by atoms with van der Waals surface area (Å²) in [5.41, 5.74) is -0.363. The third kappa shape index (κ3) is 3.91. The maximum absolute atomic E-state index is 12.3. The molecule has 1 saturated heterocycles. The first-order valence-electron chi connectivity index (χ1n) is 10.8. The first-order chi connectivity index (χ1) is 15.0. The van der Waals surface area contributed by atoms with Gasteiger partial charge in [-0.05, 0) is 43.9 Å². The Balaban J connectivity index is 1.39. The van der Waals surface area contributed by atoms with Gasteiger partial charge in [-0.15, -0.1) is 0 Å². The second-order valence-corrected chi connectivity index (χ2v) is 10.8. The average molecular weight is 463 g/mol. The van der Waals surface area contributed by atoms with E-state index in [0.29, 0.717) is 39.4 Å². The van der Waals surface area contributed by atoms with Gasteiger partial charge in [0.1, 0.15) is 11.6 Å². The number of aliphatic hydroxyl groups is 1. The van der Waals surface area contributed by atoms with E-state index >= 15 is 0 Å². The van der Waals surface area contributed by atoms with Crippen molar-refractivity contribution in [3.05, 3.63) is 29.4 Å². The number of piperidine rings is 1. The number of fused-ring (bicyclic) bond motifs is 2. The Morgan fingerprint density at radius 3 is 2.42 bits per heavy atom. The normalized spacial score (nSPS) is 27.6. The van der Waals surface area contributed by atoms with Crippen LogP contribution in [-0.4, -0.2) is 60.7 Å². The molecule has 2 unspecified atom stereocenters. The molecule has 0 aromatic carbocycles. The van der Waals surface area contributed by atoms with Crippen LogP contribution in [0, 0.1) is 11.8 Å². The summed E-state index contributed by atoms with van der Waals surface area (Å²) in [6, 6.07) is 0. The number of halogens is 1. The van der Waals surface area contributed by atoms with Gasteiger partial charge in [0.25, 0.3) is 0 Å². The summed E-state index contributed by atoms with van der Waals surface area (Å²) in [5, 5.41) is 13.8. The molecule has 2 saturated carbocycles. The molecule has 2 aliphatic carbocycles. The Kier molecular flexibility index (Phi) is 5.60. The number of rotatable bonds is 6. The molecule has 8 nitrogen and oxygen atoms in total. The zero-order chi connectivity index (χ0) is 21.6. The fourth-order valence-corrected chi connectivity index (χ4v) is 5.96. The van der Waals surface area contributed by atoms with Gasteiger partial charge < -0.3 is 15.3 Å². The van der Waals surface area contributed by atoms with E-state index in [1.165, 1.54) is 0 Å². The molecule has 2 aromatic heterocycles. The van der Waals surface area contributed by atoms with Crippen molar-refractivity contribution in [2.45, 2.75) is 48.5 Å². The Labute approximate surface area is 189 Å². The summed E-state index contributed by atoms with van der Waals surface area (Å²) in [4.78, 5) is 21.1. The van der Waals surface area contributed by atoms with Crippen molar-refractivity contribution in [3.8, 4) is 0 Å². The van der Waals surface area contributed by atoms with Gasteiger partial charge in [-0.1, -0.05) is 11.6 Å². The number of anilines is 2. The Hall–Kier alpha value is -1.84. The van der Waals surface area contributed by atoms with Gasteiger partial charge >= 0.3 is 0 Å². The number of aliphatic hydroxyl groups excluding tert-OH is 1. The van der Waals surface area contributed by atoms with E-state index in [-0.39, 0.29) is 12.1 Å². The van der Waals surface area contributed by atoms with Crippen LogP contribution in [-0.2, 0) is 10.8 Å². The minimum Gasteiger partial charge on any atom is -0.394 e. The highest BCUT2D eigenvalue weighted by Crippen LogP contribution is 2.47. The molecule has 3 aliphatic rings. The van der Waals surface area contributed by atoms with Gasteiger partial charge in [-0.2, -0.15) is 4.98 Å². The Morgan fingerprint density at radius 1 is 1.19 bits per heavy atom. The van der Waals surface area contributed by atoms with Gasteiger partial charge in [0.15, 0.2) is 0 Å². The van der Waals surface area contributed by atoms with Crippen LogP contribution in [0.1, 0.15) is 43.8 Å². The summed E-state index contributed by atoms with van der Waals surface area (Å²) in [6.45, 7) is 1.72. The molecule has 3 heterocycles. The van der Waals surface area contributed by atoms with E-state index in [1.54, 1.807) is 24.8 Å². The standard InChI is InChI=1S/C21H27ClN6O2S/c1-31(30)16-9-25-20(26-18(16)27-21(12-29)5-2-6-21)28-10-13-3-4-14(11-28)17(13)19-23-7-15(22)8-24-19/h7-9,13-14,17,29H,2-6,10-12H2,1H3,(H,25,26,27)/t13?,14?,17?,31-/m0/s1. The van der Waals surface area contributed by atoms with Crippen LogP contribution in [0.5, 0.6) is 0 Å². The van der Waals surface area contributed by atoms with Crippen molar-refractivity contribution < 1.29 is 9.32 Å². The quantitative estimate of drug-likeness (QED) is 0.675. The topological polar surface area (TPSA) is 104 Å². The monoisotopic (exact) mass is 462 g/mol. The van der Waals surface area contributed by atoms with Crippen LogP contribution >= 0.6 is 11.6 Å². The maximum Gasteiger partial charge on any atom is 0.227 e. The SMILES string of the molecule is C[S@](=O)c1cnc(N2CC3CCC(C2)C3c2ncc(Cl)cn2)nc1NC1(CO)CCC1. The summed E-state index contributed by atoms with van der Waals surface area (Å²) in [6.07, 6.45) is 11.8. The van der Waals surface area contributed by atoms with Gasteiger partial charge in [-0.3, -0.25) is 4.21 Å². The van der Waals surface area contributed by atoms with Crippen LogP contribution in [0.4, 0.5) is 11.8 Å².